The zero-order valence-electron chi connectivity index (χ0n) is 20.8. The smallest absolute Gasteiger partial charge is 0.224 e. The lowest BCUT2D eigenvalue weighted by Crippen LogP contribution is -2.21. The van der Waals surface area contributed by atoms with Gasteiger partial charge < -0.3 is 9.47 Å². The molecule has 0 aliphatic rings. The second kappa shape index (κ2) is 12.0. The second-order valence-corrected chi connectivity index (χ2v) is 8.97. The number of benzene rings is 1. The van der Waals surface area contributed by atoms with Gasteiger partial charge >= 0.3 is 0 Å². The molecule has 0 radical (unpaired) electrons. The first-order valence-corrected chi connectivity index (χ1v) is 12.4. The number of unbranched alkanes of at least 4 members (excludes halogenated alkanes) is 5. The van der Waals surface area contributed by atoms with Crippen LogP contribution in [0.1, 0.15) is 64.9 Å². The van der Waals surface area contributed by atoms with E-state index in [0.717, 1.165) is 37.7 Å². The second-order valence-electron chi connectivity index (χ2n) is 8.97. The van der Waals surface area contributed by atoms with Gasteiger partial charge in [-0.3, -0.25) is 4.90 Å². The van der Waals surface area contributed by atoms with Crippen molar-refractivity contribution in [1.29, 1.82) is 0 Å². The molecule has 32 heavy (non-hydrogen) atoms. The summed E-state index contributed by atoms with van der Waals surface area (Å²) in [5.41, 5.74) is 5.01. The highest BCUT2D eigenvalue weighted by Crippen LogP contribution is 2.29. The summed E-state index contributed by atoms with van der Waals surface area (Å²) in [5, 5.41) is 1.36. The van der Waals surface area contributed by atoms with Crippen LogP contribution in [0.15, 0.2) is 36.8 Å². The van der Waals surface area contributed by atoms with Gasteiger partial charge in [0, 0.05) is 62.2 Å². The Kier molecular flexibility index (Phi) is 9.10. The Bertz CT molecular complexity index is 954. The van der Waals surface area contributed by atoms with Gasteiger partial charge in [0.25, 0.3) is 0 Å². The van der Waals surface area contributed by atoms with E-state index < -0.39 is 0 Å². The molecule has 0 fully saturated rings. The summed E-state index contributed by atoms with van der Waals surface area (Å²) in [7, 11) is 3.93. The van der Waals surface area contributed by atoms with E-state index in [9.17, 15) is 0 Å². The highest BCUT2D eigenvalue weighted by molar-refractivity contribution is 5.88. The van der Waals surface area contributed by atoms with Gasteiger partial charge in [0.1, 0.15) is 0 Å². The van der Waals surface area contributed by atoms with E-state index in [4.69, 9.17) is 0 Å². The van der Waals surface area contributed by atoms with E-state index in [2.05, 4.69) is 64.6 Å². The molecule has 2 heterocycles. The monoisotopic (exact) mass is 435 g/mol. The minimum Gasteiger partial charge on any atom is -0.347 e. The number of hydrogen-bond donors (Lipinski definition) is 0. The van der Waals surface area contributed by atoms with Crippen LogP contribution in [-0.2, 0) is 13.1 Å². The molecule has 0 bridgehead atoms. The summed E-state index contributed by atoms with van der Waals surface area (Å²) in [6, 6.07) is 6.84. The molecule has 0 aliphatic carbocycles. The number of anilines is 1. The average molecular weight is 436 g/mol. The Labute approximate surface area is 194 Å². The standard InChI is InChI=1S/C27H41N5/c1-6-9-10-11-12-13-16-32-21-24(20-31(7-2)8-3)25-17-22(14-15-26(25)32)23-18-28-27(29-19-23)30(4)5/h14-15,17-19,21H,6-13,16,20H2,1-5H3. The van der Waals surface area contributed by atoms with Crippen LogP contribution in [0.2, 0.25) is 0 Å². The first kappa shape index (κ1) is 24.2. The molecular formula is C27H41N5. The highest BCUT2D eigenvalue weighted by Gasteiger charge is 2.13. The maximum absolute atomic E-state index is 4.51. The summed E-state index contributed by atoms with van der Waals surface area (Å²) in [4.78, 5) is 13.4. The zero-order chi connectivity index (χ0) is 22.9. The molecule has 0 spiro atoms. The van der Waals surface area contributed by atoms with E-state index in [1.54, 1.807) is 0 Å². The van der Waals surface area contributed by atoms with Crippen molar-refractivity contribution in [2.24, 2.45) is 0 Å². The topological polar surface area (TPSA) is 37.2 Å². The van der Waals surface area contributed by atoms with Crippen molar-refractivity contribution in [2.75, 3.05) is 32.1 Å². The summed E-state index contributed by atoms with van der Waals surface area (Å²) in [6.45, 7) is 11.0. The number of rotatable bonds is 13. The van der Waals surface area contributed by atoms with Gasteiger partial charge in [0.2, 0.25) is 5.95 Å². The minimum absolute atomic E-state index is 0.738. The molecule has 5 heteroatoms. The van der Waals surface area contributed by atoms with Crippen LogP contribution in [-0.4, -0.2) is 46.6 Å². The fraction of sp³-hybridized carbons (Fsp3) is 0.556. The lowest BCUT2D eigenvalue weighted by Gasteiger charge is -2.17. The van der Waals surface area contributed by atoms with Crippen molar-refractivity contribution >= 4 is 16.9 Å². The molecule has 0 atom stereocenters. The summed E-state index contributed by atoms with van der Waals surface area (Å²) in [6.07, 6.45) is 14.2. The number of aromatic nitrogens is 3. The number of nitrogens with zero attached hydrogens (tertiary/aromatic N) is 5. The molecule has 3 rings (SSSR count). The van der Waals surface area contributed by atoms with Crippen LogP contribution in [0.25, 0.3) is 22.0 Å². The third kappa shape index (κ3) is 6.10. The van der Waals surface area contributed by atoms with Gasteiger partial charge in [-0.15, -0.1) is 0 Å². The largest absolute Gasteiger partial charge is 0.347 e. The van der Waals surface area contributed by atoms with Crippen molar-refractivity contribution in [3.05, 3.63) is 42.4 Å². The van der Waals surface area contributed by atoms with E-state index in [0.29, 0.717) is 0 Å². The Morgan fingerprint density at radius 2 is 1.53 bits per heavy atom. The molecule has 0 unspecified atom stereocenters. The molecule has 0 amide bonds. The zero-order valence-corrected chi connectivity index (χ0v) is 20.8. The normalized spacial score (nSPS) is 11.6. The highest BCUT2D eigenvalue weighted by atomic mass is 15.2. The van der Waals surface area contributed by atoms with Gasteiger partial charge in [0.15, 0.2) is 0 Å². The van der Waals surface area contributed by atoms with Crippen molar-refractivity contribution in [1.82, 2.24) is 19.4 Å². The van der Waals surface area contributed by atoms with Crippen LogP contribution in [0.3, 0.4) is 0 Å². The molecule has 5 nitrogen and oxygen atoms in total. The van der Waals surface area contributed by atoms with Gasteiger partial charge in [0.05, 0.1) is 0 Å². The van der Waals surface area contributed by atoms with Crippen LogP contribution < -0.4 is 4.90 Å². The first-order valence-electron chi connectivity index (χ1n) is 12.4. The first-order chi connectivity index (χ1) is 15.6. The summed E-state index contributed by atoms with van der Waals surface area (Å²) in [5.74, 6) is 0.738. The summed E-state index contributed by atoms with van der Waals surface area (Å²) < 4.78 is 2.48. The van der Waals surface area contributed by atoms with Crippen LogP contribution in [0.5, 0.6) is 0 Å². The SMILES string of the molecule is CCCCCCCCn1cc(CN(CC)CC)c2cc(-c3cnc(N(C)C)nc3)ccc21. The lowest BCUT2D eigenvalue weighted by molar-refractivity contribution is 0.296. The maximum Gasteiger partial charge on any atom is 0.224 e. The molecule has 2 aromatic heterocycles. The molecule has 0 aliphatic heterocycles. The Morgan fingerprint density at radius 3 is 2.19 bits per heavy atom. The van der Waals surface area contributed by atoms with Gasteiger partial charge in [-0.1, -0.05) is 58.9 Å². The van der Waals surface area contributed by atoms with Crippen molar-refractivity contribution in [2.45, 2.75) is 72.4 Å². The van der Waals surface area contributed by atoms with Gasteiger partial charge in [-0.25, -0.2) is 9.97 Å². The minimum atomic E-state index is 0.738. The predicted molar refractivity (Wildman–Crippen MR) is 137 cm³/mol. The molecule has 0 N–H and O–H groups in total. The lowest BCUT2D eigenvalue weighted by atomic mass is 10.0. The van der Waals surface area contributed by atoms with Crippen molar-refractivity contribution in [3.8, 4) is 11.1 Å². The molecule has 3 aromatic rings. The van der Waals surface area contributed by atoms with E-state index >= 15 is 0 Å². The fourth-order valence-corrected chi connectivity index (χ4v) is 4.31. The fourth-order valence-electron chi connectivity index (χ4n) is 4.31. The number of hydrogen-bond acceptors (Lipinski definition) is 4. The molecular weight excluding hydrogens is 394 g/mol. The van der Waals surface area contributed by atoms with Gasteiger partial charge in [-0.2, -0.15) is 0 Å². The quantitative estimate of drug-likeness (QED) is 0.292. The molecule has 174 valence electrons. The predicted octanol–water partition coefficient (Wildman–Crippen LogP) is 6.37. The molecule has 1 aromatic carbocycles. The van der Waals surface area contributed by atoms with Crippen molar-refractivity contribution < 1.29 is 0 Å². The van der Waals surface area contributed by atoms with Crippen LogP contribution in [0.4, 0.5) is 5.95 Å². The Balaban J connectivity index is 1.86. The molecule has 0 saturated heterocycles. The number of fused-ring (bicyclic) bond motifs is 1. The summed E-state index contributed by atoms with van der Waals surface area (Å²) >= 11 is 0. The third-order valence-corrected chi connectivity index (χ3v) is 6.38. The average Bonchev–Trinajstić information content (AvgIpc) is 3.16. The van der Waals surface area contributed by atoms with Gasteiger partial charge in [-0.05, 0) is 42.8 Å². The Morgan fingerprint density at radius 1 is 0.844 bits per heavy atom. The van der Waals surface area contributed by atoms with E-state index in [1.807, 2.05) is 31.4 Å². The van der Waals surface area contributed by atoms with E-state index in [-0.39, 0.29) is 0 Å². The Hall–Kier alpha value is -2.40. The maximum atomic E-state index is 4.51. The molecule has 0 saturated carbocycles. The van der Waals surface area contributed by atoms with Crippen molar-refractivity contribution in [3.63, 3.8) is 0 Å². The third-order valence-electron chi connectivity index (χ3n) is 6.38. The van der Waals surface area contributed by atoms with Crippen LogP contribution >= 0.6 is 0 Å². The number of aryl methyl sites for hydroxylation is 1. The van der Waals surface area contributed by atoms with E-state index in [1.165, 1.54) is 60.6 Å². The van der Waals surface area contributed by atoms with Crippen LogP contribution in [0, 0.1) is 0 Å².